The molecule has 7 heteroatoms. The molecule has 23 heavy (non-hydrogen) atoms. The number of halogens is 3. The predicted octanol–water partition coefficient (Wildman–Crippen LogP) is 4.63. The molecule has 0 atom stereocenters. The van der Waals surface area contributed by atoms with E-state index in [0.29, 0.717) is 0 Å². The van der Waals surface area contributed by atoms with Crippen molar-refractivity contribution in [3.63, 3.8) is 0 Å². The summed E-state index contributed by atoms with van der Waals surface area (Å²) in [6.45, 7) is 0. The summed E-state index contributed by atoms with van der Waals surface area (Å²) in [6.07, 6.45) is 1.20. The van der Waals surface area contributed by atoms with Gasteiger partial charge in [-0.2, -0.15) is 5.10 Å². The van der Waals surface area contributed by atoms with Gasteiger partial charge in [0.15, 0.2) is 0 Å². The van der Waals surface area contributed by atoms with Gasteiger partial charge in [0, 0.05) is 15.8 Å². The van der Waals surface area contributed by atoms with Crippen molar-refractivity contribution in [2.24, 2.45) is 5.10 Å². The number of hydrogen-bond acceptors (Lipinski definition) is 3. The number of nitrogens with one attached hydrogen (secondary N) is 1. The van der Waals surface area contributed by atoms with Crippen LogP contribution in [0.4, 0.5) is 4.39 Å². The van der Waals surface area contributed by atoms with Gasteiger partial charge >= 0.3 is 0 Å². The predicted molar refractivity (Wildman–Crippen MR) is 97.5 cm³/mol. The second-order valence-electron chi connectivity index (χ2n) is 4.55. The molecule has 0 bridgehead atoms. The summed E-state index contributed by atoms with van der Waals surface area (Å²) in [7, 11) is 0. The number of carbonyl (C=O) groups excluding carboxylic acids is 1. The van der Waals surface area contributed by atoms with Crippen LogP contribution >= 0.6 is 39.3 Å². The van der Waals surface area contributed by atoms with Crippen molar-refractivity contribution in [1.82, 2.24) is 5.43 Å². The molecule has 0 aromatic heterocycles. The minimum Gasteiger partial charge on any atom is -0.272 e. The third-order valence-corrected chi connectivity index (χ3v) is 4.60. The third-order valence-electron chi connectivity index (χ3n) is 2.77. The van der Waals surface area contributed by atoms with E-state index in [0.717, 1.165) is 15.8 Å². The van der Waals surface area contributed by atoms with Gasteiger partial charge in [0.05, 0.1) is 17.0 Å². The maximum atomic E-state index is 13.5. The largest absolute Gasteiger partial charge is 0.272 e. The van der Waals surface area contributed by atoms with Crippen molar-refractivity contribution in [2.75, 3.05) is 5.75 Å². The van der Waals surface area contributed by atoms with E-state index in [1.807, 2.05) is 24.3 Å². The van der Waals surface area contributed by atoms with Crippen molar-refractivity contribution < 1.29 is 9.18 Å². The number of amides is 1. The average Bonchev–Trinajstić information content (AvgIpc) is 2.50. The normalized spacial score (nSPS) is 10.9. The zero-order chi connectivity index (χ0) is 16.7. The lowest BCUT2D eigenvalue weighted by atomic mass is 10.2. The topological polar surface area (TPSA) is 41.5 Å². The molecule has 2 rings (SSSR count). The van der Waals surface area contributed by atoms with Crippen molar-refractivity contribution >= 4 is 51.4 Å². The lowest BCUT2D eigenvalue weighted by Gasteiger charge is -2.02. The fraction of sp³-hybridized carbons (Fsp3) is 0.125. The average molecular weight is 416 g/mol. The van der Waals surface area contributed by atoms with E-state index >= 15 is 0 Å². The maximum Gasteiger partial charge on any atom is 0.250 e. The zero-order valence-corrected chi connectivity index (χ0v) is 15.1. The molecule has 0 unspecified atom stereocenters. The molecule has 1 N–H and O–H groups in total. The highest BCUT2D eigenvalue weighted by atomic mass is 79.9. The molecule has 0 fully saturated rings. The maximum absolute atomic E-state index is 13.5. The Hall–Kier alpha value is -1.37. The number of benzene rings is 2. The smallest absolute Gasteiger partial charge is 0.250 e. The number of hydrazone groups is 1. The molecule has 2 aromatic carbocycles. The minimum atomic E-state index is -0.487. The second-order valence-corrected chi connectivity index (χ2v) is 6.86. The summed E-state index contributed by atoms with van der Waals surface area (Å²) < 4.78 is 14.5. The van der Waals surface area contributed by atoms with Crippen LogP contribution in [0.25, 0.3) is 0 Å². The Balaban J connectivity index is 1.78. The van der Waals surface area contributed by atoms with E-state index in [1.54, 1.807) is 6.07 Å². The summed E-state index contributed by atoms with van der Waals surface area (Å²) in [5, 5.41) is 3.98. The van der Waals surface area contributed by atoms with Crippen molar-refractivity contribution in [2.45, 2.75) is 5.75 Å². The molecule has 0 heterocycles. The van der Waals surface area contributed by atoms with Gasteiger partial charge in [-0.15, -0.1) is 11.8 Å². The molecule has 0 radical (unpaired) electrons. The zero-order valence-electron chi connectivity index (χ0n) is 11.9. The molecule has 120 valence electrons. The summed E-state index contributed by atoms with van der Waals surface area (Å²) in [5.41, 5.74) is 3.63. The molecule has 2 aromatic rings. The highest BCUT2D eigenvalue weighted by Gasteiger charge is 2.04. The Bertz CT molecular complexity index is 707. The van der Waals surface area contributed by atoms with Gasteiger partial charge in [-0.1, -0.05) is 45.7 Å². The quantitative estimate of drug-likeness (QED) is 0.552. The molecule has 0 aliphatic heterocycles. The van der Waals surface area contributed by atoms with Gasteiger partial charge < -0.3 is 0 Å². The number of rotatable bonds is 6. The lowest BCUT2D eigenvalue weighted by molar-refractivity contribution is -0.118. The van der Waals surface area contributed by atoms with Gasteiger partial charge in [0.25, 0.3) is 0 Å². The molecule has 0 spiro atoms. The van der Waals surface area contributed by atoms with E-state index in [-0.39, 0.29) is 22.2 Å². The monoisotopic (exact) mass is 414 g/mol. The molecule has 3 nitrogen and oxygen atoms in total. The van der Waals surface area contributed by atoms with Crippen LogP contribution in [0.15, 0.2) is 52.0 Å². The van der Waals surface area contributed by atoms with Crippen LogP contribution in [-0.4, -0.2) is 17.9 Å². The van der Waals surface area contributed by atoms with E-state index in [1.165, 1.54) is 30.1 Å². The minimum absolute atomic E-state index is 0.149. The number of hydrogen-bond donors (Lipinski definition) is 1. The third kappa shape index (κ3) is 5.97. The molecule has 0 saturated heterocycles. The van der Waals surface area contributed by atoms with Crippen LogP contribution < -0.4 is 5.43 Å². The fourth-order valence-electron chi connectivity index (χ4n) is 1.72. The Morgan fingerprint density at radius 1 is 1.35 bits per heavy atom. The molecule has 0 aliphatic rings. The fourth-order valence-corrected chi connectivity index (χ4v) is 3.15. The standard InChI is InChI=1S/C16H13BrClFN2OS/c17-12-4-1-3-11(7-12)9-23-10-16(22)21-20-8-13-14(18)5-2-6-15(13)19/h1-8H,9-10H2,(H,21,22)/b20-8-. The summed E-state index contributed by atoms with van der Waals surface area (Å²) in [6, 6.07) is 12.2. The molecule has 0 saturated carbocycles. The van der Waals surface area contributed by atoms with Crippen LogP contribution in [0.3, 0.4) is 0 Å². The van der Waals surface area contributed by atoms with Crippen LogP contribution in [0, 0.1) is 5.82 Å². The first-order valence-electron chi connectivity index (χ1n) is 6.64. The van der Waals surface area contributed by atoms with Crippen molar-refractivity contribution in [1.29, 1.82) is 0 Å². The first-order chi connectivity index (χ1) is 11.1. The number of carbonyl (C=O) groups is 1. The van der Waals surface area contributed by atoms with E-state index in [2.05, 4.69) is 26.5 Å². The van der Waals surface area contributed by atoms with Crippen LogP contribution in [-0.2, 0) is 10.5 Å². The molecule has 0 aliphatic carbocycles. The van der Waals surface area contributed by atoms with E-state index in [9.17, 15) is 9.18 Å². The molecular weight excluding hydrogens is 403 g/mol. The molecule has 1 amide bonds. The summed E-state index contributed by atoms with van der Waals surface area (Å²) in [5.74, 6) is 0.234. The Labute approximate surface area is 151 Å². The Morgan fingerprint density at radius 3 is 2.87 bits per heavy atom. The highest BCUT2D eigenvalue weighted by Crippen LogP contribution is 2.17. The first kappa shape index (κ1) is 18.0. The van der Waals surface area contributed by atoms with Crippen LogP contribution in [0.1, 0.15) is 11.1 Å². The van der Waals surface area contributed by atoms with Gasteiger partial charge in [0.2, 0.25) is 5.91 Å². The number of thioether (sulfide) groups is 1. The second kappa shape index (κ2) is 9.05. The van der Waals surface area contributed by atoms with Gasteiger partial charge in [-0.3, -0.25) is 4.79 Å². The van der Waals surface area contributed by atoms with Crippen molar-refractivity contribution in [3.8, 4) is 0 Å². The van der Waals surface area contributed by atoms with E-state index < -0.39 is 5.82 Å². The highest BCUT2D eigenvalue weighted by molar-refractivity contribution is 9.10. The van der Waals surface area contributed by atoms with Crippen LogP contribution in [0.2, 0.25) is 5.02 Å². The van der Waals surface area contributed by atoms with Gasteiger partial charge in [-0.05, 0) is 29.8 Å². The first-order valence-corrected chi connectivity index (χ1v) is 8.97. The van der Waals surface area contributed by atoms with Crippen LogP contribution in [0.5, 0.6) is 0 Å². The van der Waals surface area contributed by atoms with E-state index in [4.69, 9.17) is 11.6 Å². The van der Waals surface area contributed by atoms with Crippen molar-refractivity contribution in [3.05, 3.63) is 68.9 Å². The Morgan fingerprint density at radius 2 is 2.13 bits per heavy atom. The summed E-state index contributed by atoms with van der Waals surface area (Å²) >= 11 is 10.7. The Kier molecular flexibility index (Phi) is 7.08. The lowest BCUT2D eigenvalue weighted by Crippen LogP contribution is -2.19. The summed E-state index contributed by atoms with van der Waals surface area (Å²) in [4.78, 5) is 11.7. The van der Waals surface area contributed by atoms with Gasteiger partial charge in [-0.25, -0.2) is 9.82 Å². The molecular formula is C16H13BrClFN2OS. The number of nitrogens with zero attached hydrogens (tertiary/aromatic N) is 1. The van der Waals surface area contributed by atoms with Gasteiger partial charge in [0.1, 0.15) is 5.82 Å². The SMILES string of the molecule is O=C(CSCc1cccc(Br)c1)N/N=C\c1c(F)cccc1Cl.